The van der Waals surface area contributed by atoms with Gasteiger partial charge in [0.1, 0.15) is 11.6 Å². The molecule has 0 amide bonds. The summed E-state index contributed by atoms with van der Waals surface area (Å²) in [4.78, 5) is 16.3. The number of nitrogens with zero attached hydrogens (tertiary/aromatic N) is 2. The van der Waals surface area contributed by atoms with E-state index in [-0.39, 0.29) is 17.8 Å². The molecule has 2 atom stereocenters. The Morgan fingerprint density at radius 3 is 3.12 bits per heavy atom. The molecule has 16 heavy (non-hydrogen) atoms. The molecular weight excluding hydrogens is 204 g/mol. The number of aromatic nitrogens is 2. The summed E-state index contributed by atoms with van der Waals surface area (Å²) in [5.41, 5.74) is 0. The molecule has 0 bridgehead atoms. The van der Waals surface area contributed by atoms with Gasteiger partial charge >= 0.3 is 0 Å². The molecule has 1 fully saturated rings. The van der Waals surface area contributed by atoms with Gasteiger partial charge < -0.3 is 9.30 Å². The lowest BCUT2D eigenvalue weighted by atomic mass is 9.93. The van der Waals surface area contributed by atoms with E-state index in [0.717, 1.165) is 25.3 Å². The van der Waals surface area contributed by atoms with Gasteiger partial charge in [-0.15, -0.1) is 0 Å². The maximum atomic E-state index is 12.1. The quantitative estimate of drug-likeness (QED) is 0.772. The summed E-state index contributed by atoms with van der Waals surface area (Å²) in [6, 6.07) is 0. The number of aryl methyl sites for hydroxylation is 1. The second-order valence-corrected chi connectivity index (χ2v) is 4.31. The highest BCUT2D eigenvalue weighted by Crippen LogP contribution is 2.25. The first-order valence-corrected chi connectivity index (χ1v) is 5.83. The SMILES string of the molecule is CCC1OCCC1C(=O)Cc1nccn1C. The van der Waals surface area contributed by atoms with Crippen molar-refractivity contribution in [3.8, 4) is 0 Å². The topological polar surface area (TPSA) is 44.1 Å². The summed E-state index contributed by atoms with van der Waals surface area (Å²) >= 11 is 0. The molecule has 1 aromatic heterocycles. The van der Waals surface area contributed by atoms with Crippen LogP contribution in [0.5, 0.6) is 0 Å². The van der Waals surface area contributed by atoms with E-state index in [0.29, 0.717) is 6.42 Å². The minimum atomic E-state index is 0.0710. The Balaban J connectivity index is 2.00. The summed E-state index contributed by atoms with van der Waals surface area (Å²) in [6.07, 6.45) is 5.91. The first-order valence-electron chi connectivity index (χ1n) is 5.83. The van der Waals surface area contributed by atoms with Crippen LogP contribution >= 0.6 is 0 Å². The van der Waals surface area contributed by atoms with Crippen LogP contribution in [0.15, 0.2) is 12.4 Å². The van der Waals surface area contributed by atoms with Gasteiger partial charge in [0, 0.05) is 32.0 Å². The maximum Gasteiger partial charge on any atom is 0.146 e. The minimum absolute atomic E-state index is 0.0710. The molecule has 0 N–H and O–H groups in total. The van der Waals surface area contributed by atoms with Crippen LogP contribution in [0.3, 0.4) is 0 Å². The van der Waals surface area contributed by atoms with Gasteiger partial charge in [0.15, 0.2) is 0 Å². The van der Waals surface area contributed by atoms with Crippen molar-refractivity contribution in [1.29, 1.82) is 0 Å². The second-order valence-electron chi connectivity index (χ2n) is 4.31. The Morgan fingerprint density at radius 1 is 1.69 bits per heavy atom. The van der Waals surface area contributed by atoms with Crippen molar-refractivity contribution >= 4 is 5.78 Å². The van der Waals surface area contributed by atoms with Crippen LogP contribution in [0.4, 0.5) is 0 Å². The number of hydrogen-bond donors (Lipinski definition) is 0. The first kappa shape index (κ1) is 11.3. The van der Waals surface area contributed by atoms with Crippen LogP contribution in [0.25, 0.3) is 0 Å². The zero-order valence-electron chi connectivity index (χ0n) is 9.85. The standard InChI is InChI=1S/C12H18N2O2/c1-3-11-9(4-7-16-11)10(15)8-12-13-5-6-14(12)2/h5-6,9,11H,3-4,7-8H2,1-2H3. The van der Waals surface area contributed by atoms with E-state index >= 15 is 0 Å². The van der Waals surface area contributed by atoms with Crippen LogP contribution in [0, 0.1) is 5.92 Å². The van der Waals surface area contributed by atoms with Crippen molar-refractivity contribution in [1.82, 2.24) is 9.55 Å². The molecule has 4 heteroatoms. The Bertz CT molecular complexity index is 373. The summed E-state index contributed by atoms with van der Waals surface area (Å²) in [6.45, 7) is 2.78. The number of carbonyl (C=O) groups excluding carboxylic acids is 1. The Kier molecular flexibility index (Phi) is 3.39. The van der Waals surface area contributed by atoms with Gasteiger partial charge in [-0.3, -0.25) is 4.79 Å². The lowest BCUT2D eigenvalue weighted by Gasteiger charge is -2.15. The molecule has 0 spiro atoms. The Hall–Kier alpha value is -1.16. The third-order valence-electron chi connectivity index (χ3n) is 3.28. The lowest BCUT2D eigenvalue weighted by Crippen LogP contribution is -2.26. The molecule has 0 aliphatic carbocycles. The smallest absolute Gasteiger partial charge is 0.146 e. The molecular formula is C12H18N2O2. The lowest BCUT2D eigenvalue weighted by molar-refractivity contribution is -0.124. The van der Waals surface area contributed by atoms with E-state index in [2.05, 4.69) is 11.9 Å². The fourth-order valence-corrected chi connectivity index (χ4v) is 2.27. The second kappa shape index (κ2) is 4.78. The zero-order valence-corrected chi connectivity index (χ0v) is 9.85. The molecule has 4 nitrogen and oxygen atoms in total. The van der Waals surface area contributed by atoms with Crippen molar-refractivity contribution in [3.05, 3.63) is 18.2 Å². The largest absolute Gasteiger partial charge is 0.377 e. The highest BCUT2D eigenvalue weighted by atomic mass is 16.5. The van der Waals surface area contributed by atoms with Crippen LogP contribution in [-0.4, -0.2) is 28.0 Å². The number of carbonyl (C=O) groups is 1. The molecule has 1 saturated heterocycles. The van der Waals surface area contributed by atoms with Gasteiger partial charge in [0.05, 0.1) is 12.5 Å². The molecule has 1 aromatic rings. The summed E-state index contributed by atoms with van der Waals surface area (Å²) in [7, 11) is 1.91. The van der Waals surface area contributed by atoms with E-state index in [4.69, 9.17) is 4.74 Å². The van der Waals surface area contributed by atoms with Crippen molar-refractivity contribution in [2.75, 3.05) is 6.61 Å². The average Bonchev–Trinajstić information content (AvgIpc) is 2.87. The fourth-order valence-electron chi connectivity index (χ4n) is 2.27. The first-order chi connectivity index (χ1) is 7.72. The molecule has 88 valence electrons. The highest BCUT2D eigenvalue weighted by molar-refractivity contribution is 5.83. The molecule has 2 unspecified atom stereocenters. The maximum absolute atomic E-state index is 12.1. The number of hydrogen-bond acceptors (Lipinski definition) is 3. The van der Waals surface area contributed by atoms with E-state index in [1.807, 2.05) is 17.8 Å². The van der Waals surface area contributed by atoms with Gasteiger partial charge in [-0.1, -0.05) is 6.92 Å². The predicted molar refractivity (Wildman–Crippen MR) is 60.1 cm³/mol. The Labute approximate surface area is 95.6 Å². The van der Waals surface area contributed by atoms with Crippen LogP contribution < -0.4 is 0 Å². The average molecular weight is 222 g/mol. The normalized spacial score (nSPS) is 24.9. The predicted octanol–water partition coefficient (Wildman–Crippen LogP) is 1.35. The van der Waals surface area contributed by atoms with Crippen LogP contribution in [0.2, 0.25) is 0 Å². The number of ketones is 1. The van der Waals surface area contributed by atoms with Crippen molar-refractivity contribution in [2.45, 2.75) is 32.3 Å². The van der Waals surface area contributed by atoms with Crippen molar-refractivity contribution in [3.63, 3.8) is 0 Å². The molecule has 2 heterocycles. The fraction of sp³-hybridized carbons (Fsp3) is 0.667. The van der Waals surface area contributed by atoms with E-state index in [1.165, 1.54) is 0 Å². The molecule has 0 saturated carbocycles. The number of ether oxygens (including phenoxy) is 1. The van der Waals surface area contributed by atoms with Crippen molar-refractivity contribution < 1.29 is 9.53 Å². The minimum Gasteiger partial charge on any atom is -0.377 e. The van der Waals surface area contributed by atoms with Crippen LogP contribution in [-0.2, 0) is 23.0 Å². The molecule has 1 aliphatic rings. The molecule has 0 aromatic carbocycles. The monoisotopic (exact) mass is 222 g/mol. The van der Waals surface area contributed by atoms with Gasteiger partial charge in [0.2, 0.25) is 0 Å². The van der Waals surface area contributed by atoms with Gasteiger partial charge in [-0.05, 0) is 12.8 Å². The third kappa shape index (κ3) is 2.16. The molecule has 1 aliphatic heterocycles. The molecule has 0 radical (unpaired) electrons. The summed E-state index contributed by atoms with van der Waals surface area (Å²) in [5, 5.41) is 0. The summed E-state index contributed by atoms with van der Waals surface area (Å²) < 4.78 is 7.43. The van der Waals surface area contributed by atoms with Crippen molar-refractivity contribution in [2.24, 2.45) is 13.0 Å². The number of imidazole rings is 1. The van der Waals surface area contributed by atoms with E-state index < -0.39 is 0 Å². The molecule has 2 rings (SSSR count). The number of Topliss-reactive ketones (excluding diaryl/α,β-unsaturated/α-hetero) is 1. The third-order valence-corrected chi connectivity index (χ3v) is 3.28. The van der Waals surface area contributed by atoms with Gasteiger partial charge in [-0.2, -0.15) is 0 Å². The Morgan fingerprint density at radius 2 is 2.50 bits per heavy atom. The summed E-state index contributed by atoms with van der Waals surface area (Å²) in [5.74, 6) is 1.17. The van der Waals surface area contributed by atoms with Gasteiger partial charge in [-0.25, -0.2) is 4.98 Å². The number of rotatable bonds is 4. The highest BCUT2D eigenvalue weighted by Gasteiger charge is 2.32. The van der Waals surface area contributed by atoms with E-state index in [9.17, 15) is 4.79 Å². The van der Waals surface area contributed by atoms with Gasteiger partial charge in [0.25, 0.3) is 0 Å². The zero-order chi connectivity index (χ0) is 11.5. The van der Waals surface area contributed by atoms with E-state index in [1.54, 1.807) is 6.20 Å². The van der Waals surface area contributed by atoms with Crippen LogP contribution in [0.1, 0.15) is 25.6 Å².